The highest BCUT2D eigenvalue weighted by Crippen LogP contribution is 2.49. The lowest BCUT2D eigenvalue weighted by Crippen LogP contribution is -2.60. The quantitative estimate of drug-likeness (QED) is 0.524. The minimum absolute atomic E-state index is 0.0503. The van der Waals surface area contributed by atoms with Crippen LogP contribution in [0.5, 0.6) is 0 Å². The molecular formula is C20H16ClF6N3. The summed E-state index contributed by atoms with van der Waals surface area (Å²) in [6.45, 7) is 3.25. The van der Waals surface area contributed by atoms with E-state index in [0.717, 1.165) is 0 Å². The zero-order chi connectivity index (χ0) is 22.3. The largest absolute Gasteiger partial charge is 0.443 e. The van der Waals surface area contributed by atoms with Crippen molar-refractivity contribution in [3.8, 4) is 0 Å². The lowest BCUT2D eigenvalue weighted by molar-refractivity contribution is -0.293. The Bertz CT molecular complexity index is 949. The van der Waals surface area contributed by atoms with E-state index in [-0.39, 0.29) is 16.1 Å². The van der Waals surface area contributed by atoms with E-state index in [0.29, 0.717) is 0 Å². The van der Waals surface area contributed by atoms with Gasteiger partial charge in [0.25, 0.3) is 0 Å². The molecule has 0 radical (unpaired) electrons. The average molecular weight is 448 g/mol. The summed E-state index contributed by atoms with van der Waals surface area (Å²) in [6.07, 6.45) is -11.6. The molecule has 3 rings (SSSR count). The maximum atomic E-state index is 13.9. The fourth-order valence-electron chi connectivity index (χ4n) is 3.04. The molecule has 0 aromatic heterocycles. The number of nitrogens with zero attached hydrogens (tertiary/aromatic N) is 3. The van der Waals surface area contributed by atoms with E-state index in [1.807, 2.05) is 0 Å². The molecule has 0 fully saturated rings. The van der Waals surface area contributed by atoms with E-state index in [1.54, 1.807) is 19.9 Å². The maximum Gasteiger partial charge on any atom is 0.443 e. The van der Waals surface area contributed by atoms with Crippen molar-refractivity contribution < 1.29 is 26.3 Å². The summed E-state index contributed by atoms with van der Waals surface area (Å²) in [5, 5.41) is 0.279. The van der Waals surface area contributed by atoms with Gasteiger partial charge in [-0.2, -0.15) is 26.3 Å². The molecule has 1 heterocycles. The van der Waals surface area contributed by atoms with Gasteiger partial charge in [0.05, 0.1) is 0 Å². The van der Waals surface area contributed by atoms with Crippen LogP contribution in [0.1, 0.15) is 25.0 Å². The Kier molecular flexibility index (Phi) is 5.62. The summed E-state index contributed by atoms with van der Waals surface area (Å²) in [4.78, 5) is 7.66. The molecule has 3 nitrogen and oxygen atoms in total. The summed E-state index contributed by atoms with van der Waals surface area (Å²) >= 11 is 5.84. The first-order chi connectivity index (χ1) is 13.9. The minimum atomic E-state index is -5.81. The minimum Gasteiger partial charge on any atom is -0.308 e. The van der Waals surface area contributed by atoms with Crippen LogP contribution in [0.15, 0.2) is 64.6 Å². The first-order valence-corrected chi connectivity index (χ1v) is 9.19. The van der Waals surface area contributed by atoms with Crippen molar-refractivity contribution in [1.29, 1.82) is 0 Å². The number of aliphatic imine (C=N–C) groups is 2. The highest BCUT2D eigenvalue weighted by Gasteiger charge is 2.74. The summed E-state index contributed by atoms with van der Waals surface area (Å²) in [5.74, 6) is -0.967. The van der Waals surface area contributed by atoms with Crippen LogP contribution < -0.4 is 0 Å². The third-order valence-electron chi connectivity index (χ3n) is 4.43. The second-order valence-electron chi connectivity index (χ2n) is 6.88. The Hall–Kier alpha value is -2.55. The van der Waals surface area contributed by atoms with Gasteiger partial charge in [0.15, 0.2) is 0 Å². The van der Waals surface area contributed by atoms with Crippen LogP contribution >= 0.6 is 11.6 Å². The van der Waals surface area contributed by atoms with E-state index < -0.39 is 35.7 Å². The fraction of sp³-hybridized carbons (Fsp3) is 0.300. The molecule has 2 aromatic rings. The number of hydrogen-bond donors (Lipinski definition) is 0. The van der Waals surface area contributed by atoms with Gasteiger partial charge in [-0.3, -0.25) is 0 Å². The van der Waals surface area contributed by atoms with Gasteiger partial charge in [0.1, 0.15) is 11.7 Å². The van der Waals surface area contributed by atoms with Crippen molar-refractivity contribution in [1.82, 2.24) is 4.90 Å². The number of rotatable bonds is 3. The Labute approximate surface area is 173 Å². The maximum absolute atomic E-state index is 13.9. The standard InChI is InChI=1S/C20H16ClF6N3/c1-12(2)30-16(13-6-4-3-5-7-13)28-18(19(22,23)24,20(25,26)27)29-17(30)14-8-10-15(21)11-9-14/h3-12H,1-2H3. The highest BCUT2D eigenvalue weighted by molar-refractivity contribution is 6.30. The Balaban J connectivity index is 2.39. The molecule has 0 saturated carbocycles. The third kappa shape index (κ3) is 3.78. The van der Waals surface area contributed by atoms with Gasteiger partial charge in [0, 0.05) is 22.2 Å². The van der Waals surface area contributed by atoms with Gasteiger partial charge < -0.3 is 4.90 Å². The summed E-state index contributed by atoms with van der Waals surface area (Å²) < 4.78 is 83.3. The molecule has 0 spiro atoms. The molecule has 0 bridgehead atoms. The molecule has 0 aliphatic carbocycles. The van der Waals surface area contributed by atoms with Crippen molar-refractivity contribution >= 4 is 23.3 Å². The lowest BCUT2D eigenvalue weighted by Gasteiger charge is -2.41. The molecule has 0 unspecified atom stereocenters. The van der Waals surface area contributed by atoms with Gasteiger partial charge in [-0.25, -0.2) is 9.98 Å². The van der Waals surface area contributed by atoms with Crippen LogP contribution in [0, 0.1) is 0 Å². The molecule has 160 valence electrons. The Morgan fingerprint density at radius 3 is 1.60 bits per heavy atom. The Morgan fingerprint density at radius 2 is 1.20 bits per heavy atom. The summed E-state index contributed by atoms with van der Waals surface area (Å²) in [5.41, 5.74) is -4.48. The van der Waals surface area contributed by atoms with Crippen LogP contribution in [0.2, 0.25) is 5.02 Å². The van der Waals surface area contributed by atoms with Gasteiger partial charge in [0.2, 0.25) is 0 Å². The van der Waals surface area contributed by atoms with Gasteiger partial charge in [-0.05, 0) is 38.1 Å². The molecule has 0 amide bonds. The van der Waals surface area contributed by atoms with Crippen molar-refractivity contribution in [2.45, 2.75) is 37.9 Å². The molecule has 1 aliphatic heterocycles. The first kappa shape index (κ1) is 22.1. The topological polar surface area (TPSA) is 28.0 Å². The number of amidine groups is 2. The number of hydrogen-bond acceptors (Lipinski definition) is 3. The van der Waals surface area contributed by atoms with E-state index in [1.165, 1.54) is 53.4 Å². The smallest absolute Gasteiger partial charge is 0.308 e. The zero-order valence-electron chi connectivity index (χ0n) is 15.8. The molecule has 1 aliphatic rings. The molecule has 0 saturated heterocycles. The molecule has 2 aromatic carbocycles. The van der Waals surface area contributed by atoms with E-state index in [9.17, 15) is 26.3 Å². The van der Waals surface area contributed by atoms with E-state index >= 15 is 0 Å². The zero-order valence-corrected chi connectivity index (χ0v) is 16.5. The SMILES string of the molecule is CC(C)N1C(c2ccccc2)=NC(C(F)(F)F)(C(F)(F)F)N=C1c1ccc(Cl)cc1. The summed E-state index contributed by atoms with van der Waals surface area (Å²) in [6, 6.07) is 12.2. The lowest BCUT2D eigenvalue weighted by atomic mass is 10.0. The van der Waals surface area contributed by atoms with Crippen molar-refractivity contribution in [3.63, 3.8) is 0 Å². The fourth-order valence-corrected chi connectivity index (χ4v) is 3.16. The predicted molar refractivity (Wildman–Crippen MR) is 103 cm³/mol. The summed E-state index contributed by atoms with van der Waals surface area (Å²) in [7, 11) is 0. The monoisotopic (exact) mass is 447 g/mol. The Morgan fingerprint density at radius 1 is 0.767 bits per heavy atom. The number of alkyl halides is 6. The van der Waals surface area contributed by atoms with E-state index in [2.05, 4.69) is 9.98 Å². The van der Waals surface area contributed by atoms with Crippen molar-refractivity contribution in [2.75, 3.05) is 0 Å². The second kappa shape index (κ2) is 7.61. The van der Waals surface area contributed by atoms with Crippen LogP contribution in [0.25, 0.3) is 0 Å². The second-order valence-corrected chi connectivity index (χ2v) is 7.31. The molecule has 30 heavy (non-hydrogen) atoms. The normalized spacial score (nSPS) is 17.1. The molecule has 0 N–H and O–H groups in total. The van der Waals surface area contributed by atoms with Crippen molar-refractivity contribution in [2.24, 2.45) is 9.98 Å². The van der Waals surface area contributed by atoms with Crippen LogP contribution in [0.4, 0.5) is 26.3 Å². The number of benzene rings is 2. The van der Waals surface area contributed by atoms with Gasteiger partial charge in [-0.15, -0.1) is 0 Å². The van der Waals surface area contributed by atoms with Crippen LogP contribution in [-0.2, 0) is 0 Å². The van der Waals surface area contributed by atoms with Gasteiger partial charge in [-0.1, -0.05) is 41.9 Å². The molecule has 10 heteroatoms. The first-order valence-electron chi connectivity index (χ1n) is 8.81. The number of halogens is 7. The molecular weight excluding hydrogens is 432 g/mol. The van der Waals surface area contributed by atoms with Gasteiger partial charge >= 0.3 is 18.0 Å². The highest BCUT2D eigenvalue weighted by atomic mass is 35.5. The van der Waals surface area contributed by atoms with Crippen LogP contribution in [0.3, 0.4) is 0 Å². The predicted octanol–water partition coefficient (Wildman–Crippen LogP) is 6.08. The van der Waals surface area contributed by atoms with Crippen molar-refractivity contribution in [3.05, 3.63) is 70.7 Å². The van der Waals surface area contributed by atoms with E-state index in [4.69, 9.17) is 11.6 Å². The van der Waals surface area contributed by atoms with Crippen LogP contribution in [-0.4, -0.2) is 40.6 Å². The third-order valence-corrected chi connectivity index (χ3v) is 4.69. The average Bonchev–Trinajstić information content (AvgIpc) is 2.66. The molecule has 0 atom stereocenters.